The monoisotopic (exact) mass is 372 g/mol. The molecule has 0 saturated heterocycles. The molecule has 1 amide bonds. The summed E-state index contributed by atoms with van der Waals surface area (Å²) in [5.74, 6) is -0.0704. The zero-order chi connectivity index (χ0) is 17.6. The third kappa shape index (κ3) is 5.59. The van der Waals surface area contributed by atoms with E-state index in [0.29, 0.717) is 31.7 Å². The lowest BCUT2D eigenvalue weighted by Gasteiger charge is -2.06. The second-order valence-electron chi connectivity index (χ2n) is 4.96. The van der Waals surface area contributed by atoms with Gasteiger partial charge in [-0.25, -0.2) is 17.9 Å². The topological polar surface area (TPSA) is 98.5 Å². The molecule has 0 saturated carbocycles. The largest absolute Gasteiger partial charge is 0.494 e. The average molecular weight is 372 g/mol. The molecule has 1 aromatic carbocycles. The van der Waals surface area contributed by atoms with Gasteiger partial charge in [-0.1, -0.05) is 0 Å². The Balaban J connectivity index is 1.66. The van der Waals surface area contributed by atoms with Gasteiger partial charge < -0.3 is 10.1 Å². The lowest BCUT2D eigenvalue weighted by Crippen LogP contribution is -2.24. The lowest BCUT2D eigenvalue weighted by molar-refractivity contribution is 0.0952. The fourth-order valence-corrected chi connectivity index (χ4v) is 3.42. The van der Waals surface area contributed by atoms with Crippen LogP contribution in [0.25, 0.3) is 0 Å². The fraction of sp³-hybridized carbons (Fsp3) is 0.267. The summed E-state index contributed by atoms with van der Waals surface area (Å²) < 4.78 is 40.4. The number of halogens is 1. The molecule has 0 fully saturated rings. The van der Waals surface area contributed by atoms with Crippen LogP contribution in [0.4, 0.5) is 4.39 Å². The molecule has 2 rings (SSSR count). The van der Waals surface area contributed by atoms with Crippen LogP contribution in [-0.4, -0.2) is 27.5 Å². The minimum atomic E-state index is -3.78. The molecular formula is C15H17FN2O4S2. The van der Waals surface area contributed by atoms with E-state index in [9.17, 15) is 17.6 Å². The van der Waals surface area contributed by atoms with Gasteiger partial charge in [-0.2, -0.15) is 0 Å². The van der Waals surface area contributed by atoms with Gasteiger partial charge in [0, 0.05) is 11.9 Å². The highest BCUT2D eigenvalue weighted by Gasteiger charge is 2.14. The lowest BCUT2D eigenvalue weighted by atomic mass is 10.3. The molecule has 2 aromatic rings. The van der Waals surface area contributed by atoms with E-state index in [2.05, 4.69) is 5.32 Å². The van der Waals surface area contributed by atoms with Gasteiger partial charge in [-0.15, -0.1) is 11.3 Å². The zero-order valence-electron chi connectivity index (χ0n) is 12.7. The number of nitrogens with one attached hydrogen (secondary N) is 1. The van der Waals surface area contributed by atoms with Crippen LogP contribution in [-0.2, 0) is 10.0 Å². The summed E-state index contributed by atoms with van der Waals surface area (Å²) in [6.07, 6.45) is 1.41. The standard InChI is InChI=1S/C15H17FN2O4S2/c16-12-3-5-13(6-4-12)22-8-2-1-7-18-15(19)11-9-14(23-10-11)24(17,20)21/h3-6,9-10H,1-2,7-8H2,(H,18,19)(H2,17,20,21). The Hall–Kier alpha value is -1.97. The third-order valence-corrected chi connectivity index (χ3v) is 5.44. The van der Waals surface area contributed by atoms with E-state index >= 15 is 0 Å². The second-order valence-corrected chi connectivity index (χ2v) is 7.66. The Bertz CT molecular complexity index is 788. The van der Waals surface area contributed by atoms with E-state index in [1.807, 2.05) is 0 Å². The molecule has 3 N–H and O–H groups in total. The van der Waals surface area contributed by atoms with Crippen LogP contribution in [0.5, 0.6) is 5.75 Å². The molecule has 0 aliphatic carbocycles. The first-order chi connectivity index (χ1) is 11.4. The van der Waals surface area contributed by atoms with E-state index in [1.54, 1.807) is 12.1 Å². The van der Waals surface area contributed by atoms with Crippen molar-refractivity contribution in [3.05, 3.63) is 47.1 Å². The van der Waals surface area contributed by atoms with Crippen LogP contribution in [0.1, 0.15) is 23.2 Å². The molecule has 0 atom stereocenters. The molecule has 0 bridgehead atoms. The van der Waals surface area contributed by atoms with E-state index in [1.165, 1.54) is 23.6 Å². The maximum atomic E-state index is 12.7. The molecule has 0 spiro atoms. The molecule has 1 aromatic heterocycles. The van der Waals surface area contributed by atoms with E-state index in [0.717, 1.165) is 11.3 Å². The van der Waals surface area contributed by atoms with Crippen molar-refractivity contribution in [2.45, 2.75) is 17.1 Å². The van der Waals surface area contributed by atoms with Crippen LogP contribution in [0, 0.1) is 5.82 Å². The number of thiophene rings is 1. The summed E-state index contributed by atoms with van der Waals surface area (Å²) in [6, 6.07) is 7.01. The summed E-state index contributed by atoms with van der Waals surface area (Å²) in [5.41, 5.74) is 0.270. The molecule has 0 aliphatic heterocycles. The average Bonchev–Trinajstić information content (AvgIpc) is 3.02. The number of hydrogen-bond donors (Lipinski definition) is 2. The Kier molecular flexibility index (Phi) is 6.29. The van der Waals surface area contributed by atoms with Crippen LogP contribution in [0.3, 0.4) is 0 Å². The minimum Gasteiger partial charge on any atom is -0.494 e. The number of carbonyl (C=O) groups is 1. The number of nitrogens with two attached hydrogens (primary N) is 1. The molecule has 1 heterocycles. The summed E-state index contributed by atoms with van der Waals surface area (Å²) in [6.45, 7) is 0.891. The van der Waals surface area contributed by atoms with Crippen LogP contribution >= 0.6 is 11.3 Å². The van der Waals surface area contributed by atoms with Crippen molar-refractivity contribution < 1.29 is 22.3 Å². The van der Waals surface area contributed by atoms with E-state index < -0.39 is 10.0 Å². The predicted molar refractivity (Wildman–Crippen MR) is 89.2 cm³/mol. The number of carbonyl (C=O) groups excluding carboxylic acids is 1. The number of amides is 1. The smallest absolute Gasteiger partial charge is 0.252 e. The van der Waals surface area contributed by atoms with Gasteiger partial charge >= 0.3 is 0 Å². The molecule has 6 nitrogen and oxygen atoms in total. The summed E-state index contributed by atoms with van der Waals surface area (Å²) in [5, 5.41) is 9.15. The number of benzene rings is 1. The molecule has 0 unspecified atom stereocenters. The van der Waals surface area contributed by atoms with Gasteiger partial charge in [-0.3, -0.25) is 4.79 Å². The molecular weight excluding hydrogens is 355 g/mol. The second kappa shape index (κ2) is 8.22. The molecule has 0 radical (unpaired) electrons. The number of hydrogen-bond acceptors (Lipinski definition) is 5. The quantitative estimate of drug-likeness (QED) is 0.694. The Morgan fingerprint density at radius 1 is 1.25 bits per heavy atom. The van der Waals surface area contributed by atoms with Crippen LogP contribution in [0.2, 0.25) is 0 Å². The zero-order valence-corrected chi connectivity index (χ0v) is 14.3. The number of ether oxygens (including phenoxy) is 1. The molecule has 9 heteroatoms. The maximum Gasteiger partial charge on any atom is 0.252 e. The van der Waals surface area contributed by atoms with Crippen LogP contribution < -0.4 is 15.2 Å². The van der Waals surface area contributed by atoms with Gasteiger partial charge in [0.25, 0.3) is 5.91 Å². The SMILES string of the molecule is NS(=O)(=O)c1cc(C(=O)NCCCCOc2ccc(F)cc2)cs1. The first kappa shape index (κ1) is 18.4. The Morgan fingerprint density at radius 3 is 2.58 bits per heavy atom. The summed E-state index contributed by atoms with van der Waals surface area (Å²) >= 11 is 0.910. The van der Waals surface area contributed by atoms with Crippen molar-refractivity contribution in [1.29, 1.82) is 0 Å². The van der Waals surface area contributed by atoms with Crippen molar-refractivity contribution in [3.63, 3.8) is 0 Å². The number of sulfonamides is 1. The first-order valence-corrected chi connectivity index (χ1v) is 9.57. The van der Waals surface area contributed by atoms with Gasteiger partial charge in [0.2, 0.25) is 10.0 Å². The number of rotatable bonds is 8. The van der Waals surface area contributed by atoms with E-state index in [-0.39, 0.29) is 21.5 Å². The van der Waals surface area contributed by atoms with Gasteiger partial charge in [0.1, 0.15) is 15.8 Å². The van der Waals surface area contributed by atoms with Crippen LogP contribution in [0.15, 0.2) is 39.9 Å². The number of primary sulfonamides is 1. The van der Waals surface area contributed by atoms with Crippen molar-refractivity contribution in [1.82, 2.24) is 5.32 Å². The highest BCUT2D eigenvalue weighted by Crippen LogP contribution is 2.18. The minimum absolute atomic E-state index is 0.0413. The van der Waals surface area contributed by atoms with E-state index in [4.69, 9.17) is 9.88 Å². The fourth-order valence-electron chi connectivity index (χ4n) is 1.84. The predicted octanol–water partition coefficient (Wildman–Crippen LogP) is 2.12. The maximum absolute atomic E-state index is 12.7. The molecule has 0 aliphatic rings. The highest BCUT2D eigenvalue weighted by molar-refractivity contribution is 7.91. The Labute approximate surface area is 143 Å². The summed E-state index contributed by atoms with van der Waals surface area (Å²) in [4.78, 5) is 11.9. The van der Waals surface area contributed by atoms with Crippen molar-refractivity contribution in [3.8, 4) is 5.75 Å². The summed E-state index contributed by atoms with van der Waals surface area (Å²) in [7, 11) is -3.78. The van der Waals surface area contributed by atoms with Gasteiger partial charge in [-0.05, 0) is 43.2 Å². The van der Waals surface area contributed by atoms with Gasteiger partial charge in [0.05, 0.1) is 12.2 Å². The Morgan fingerprint density at radius 2 is 1.96 bits per heavy atom. The number of unbranched alkanes of at least 4 members (excludes halogenated alkanes) is 1. The van der Waals surface area contributed by atoms with Crippen molar-refractivity contribution in [2.75, 3.05) is 13.2 Å². The first-order valence-electron chi connectivity index (χ1n) is 7.14. The van der Waals surface area contributed by atoms with Crippen molar-refractivity contribution >= 4 is 27.3 Å². The normalized spacial score (nSPS) is 11.2. The van der Waals surface area contributed by atoms with Gasteiger partial charge in [0.15, 0.2) is 0 Å². The third-order valence-electron chi connectivity index (χ3n) is 3.06. The van der Waals surface area contributed by atoms with Crippen molar-refractivity contribution in [2.24, 2.45) is 5.14 Å². The molecule has 130 valence electrons. The molecule has 24 heavy (non-hydrogen) atoms. The highest BCUT2D eigenvalue weighted by atomic mass is 32.2.